The molecule has 0 saturated carbocycles. The third-order valence-electron chi connectivity index (χ3n) is 1.57. The van der Waals surface area contributed by atoms with Crippen LogP contribution in [0.15, 0.2) is 23.1 Å². The average molecular weight is 235 g/mol. The molecule has 0 aromatic heterocycles. The topological polar surface area (TPSA) is 46.2 Å². The molecule has 15 heavy (non-hydrogen) atoms. The predicted molar refractivity (Wildman–Crippen MR) is 51.8 cm³/mol. The van der Waals surface area contributed by atoms with E-state index in [2.05, 4.69) is 4.72 Å². The smallest absolute Gasteiger partial charge is 0.209 e. The molecule has 3 nitrogen and oxygen atoms in total. The van der Waals surface area contributed by atoms with Gasteiger partial charge in [-0.25, -0.2) is 21.9 Å². The highest BCUT2D eigenvalue weighted by molar-refractivity contribution is 7.89. The first-order valence-corrected chi connectivity index (χ1v) is 5.78. The van der Waals surface area contributed by atoms with Crippen LogP contribution in [0.3, 0.4) is 0 Å². The minimum absolute atomic E-state index is 0.377. The maximum absolute atomic E-state index is 13.1. The number of nitrogens with one attached hydrogen (secondary N) is 1. The fourth-order valence-electron chi connectivity index (χ4n) is 1.06. The lowest BCUT2D eigenvalue weighted by molar-refractivity contribution is 0.539. The summed E-state index contributed by atoms with van der Waals surface area (Å²) in [6.07, 6.45) is 0. The maximum Gasteiger partial charge on any atom is 0.243 e. The van der Waals surface area contributed by atoms with Crippen LogP contribution in [0.4, 0.5) is 8.78 Å². The zero-order chi connectivity index (χ0) is 11.6. The zero-order valence-electron chi connectivity index (χ0n) is 8.29. The van der Waals surface area contributed by atoms with Crippen LogP contribution < -0.4 is 4.72 Å². The van der Waals surface area contributed by atoms with Crippen molar-refractivity contribution in [3.8, 4) is 0 Å². The third kappa shape index (κ3) is 2.97. The van der Waals surface area contributed by atoms with Crippen LogP contribution in [0, 0.1) is 11.6 Å². The minimum atomic E-state index is -3.98. The highest BCUT2D eigenvalue weighted by Crippen LogP contribution is 2.15. The first-order valence-electron chi connectivity index (χ1n) is 4.30. The maximum atomic E-state index is 13.1. The van der Waals surface area contributed by atoms with Gasteiger partial charge in [0, 0.05) is 6.04 Å². The van der Waals surface area contributed by atoms with Gasteiger partial charge in [-0.15, -0.1) is 0 Å². The van der Waals surface area contributed by atoms with Gasteiger partial charge in [0.1, 0.15) is 16.5 Å². The molecule has 0 saturated heterocycles. The van der Waals surface area contributed by atoms with Crippen LogP contribution in [0.5, 0.6) is 0 Å². The van der Waals surface area contributed by atoms with Gasteiger partial charge in [-0.05, 0) is 32.0 Å². The van der Waals surface area contributed by atoms with E-state index in [4.69, 9.17) is 0 Å². The van der Waals surface area contributed by atoms with Crippen molar-refractivity contribution in [1.29, 1.82) is 0 Å². The molecule has 0 heterocycles. The van der Waals surface area contributed by atoms with E-state index in [9.17, 15) is 17.2 Å². The summed E-state index contributed by atoms with van der Waals surface area (Å²) >= 11 is 0. The van der Waals surface area contributed by atoms with Gasteiger partial charge in [-0.1, -0.05) is 0 Å². The molecule has 1 aromatic carbocycles. The molecule has 0 fully saturated rings. The van der Waals surface area contributed by atoms with Crippen LogP contribution in [0.2, 0.25) is 0 Å². The Bertz CT molecular complexity index is 457. The SMILES string of the molecule is CC(C)NS(=O)(=O)c1cc(F)ccc1F. The quantitative estimate of drug-likeness (QED) is 0.865. The monoisotopic (exact) mass is 235 g/mol. The Morgan fingerprint density at radius 3 is 2.40 bits per heavy atom. The Morgan fingerprint density at radius 2 is 1.87 bits per heavy atom. The Hall–Kier alpha value is -1.01. The van der Waals surface area contributed by atoms with Gasteiger partial charge in [0.05, 0.1) is 0 Å². The molecule has 0 radical (unpaired) electrons. The van der Waals surface area contributed by atoms with E-state index in [1.807, 2.05) is 0 Å². The molecule has 6 heteroatoms. The highest BCUT2D eigenvalue weighted by Gasteiger charge is 2.20. The number of sulfonamides is 1. The zero-order valence-corrected chi connectivity index (χ0v) is 9.11. The normalized spacial score (nSPS) is 12.1. The van der Waals surface area contributed by atoms with Crippen molar-refractivity contribution in [1.82, 2.24) is 4.72 Å². The molecule has 0 aliphatic heterocycles. The number of hydrogen-bond donors (Lipinski definition) is 1. The standard InChI is InChI=1S/C9H11F2NO2S/c1-6(2)12-15(13,14)9-5-7(10)3-4-8(9)11/h3-6,12H,1-2H3. The number of halogens is 2. The molecule has 0 amide bonds. The molecule has 0 aliphatic rings. The summed E-state index contributed by atoms with van der Waals surface area (Å²) in [5.41, 5.74) is 0. The van der Waals surface area contributed by atoms with Crippen LogP contribution >= 0.6 is 0 Å². The van der Waals surface area contributed by atoms with Crippen molar-refractivity contribution in [3.63, 3.8) is 0 Å². The molecular formula is C9H11F2NO2S. The van der Waals surface area contributed by atoms with Crippen molar-refractivity contribution < 1.29 is 17.2 Å². The van der Waals surface area contributed by atoms with Crippen LogP contribution in [-0.4, -0.2) is 14.5 Å². The van der Waals surface area contributed by atoms with Crippen molar-refractivity contribution >= 4 is 10.0 Å². The van der Waals surface area contributed by atoms with Crippen LogP contribution in [-0.2, 0) is 10.0 Å². The van der Waals surface area contributed by atoms with E-state index in [-0.39, 0.29) is 6.04 Å². The number of benzene rings is 1. The Balaban J connectivity index is 3.21. The van der Waals surface area contributed by atoms with Crippen LogP contribution in [0.1, 0.15) is 13.8 Å². The molecule has 0 unspecified atom stereocenters. The Morgan fingerprint density at radius 1 is 1.27 bits per heavy atom. The predicted octanol–water partition coefficient (Wildman–Crippen LogP) is 1.65. The van der Waals surface area contributed by atoms with E-state index in [1.54, 1.807) is 13.8 Å². The van der Waals surface area contributed by atoms with Gasteiger partial charge in [-0.3, -0.25) is 0 Å². The molecule has 1 N–H and O–H groups in total. The van der Waals surface area contributed by atoms with E-state index >= 15 is 0 Å². The first-order chi connectivity index (χ1) is 6.83. The highest BCUT2D eigenvalue weighted by atomic mass is 32.2. The van der Waals surface area contributed by atoms with Gasteiger partial charge >= 0.3 is 0 Å². The summed E-state index contributed by atoms with van der Waals surface area (Å²) in [4.78, 5) is -0.670. The van der Waals surface area contributed by atoms with Gasteiger partial charge in [0.2, 0.25) is 10.0 Å². The largest absolute Gasteiger partial charge is 0.243 e. The Kier molecular flexibility index (Phi) is 3.41. The lowest BCUT2D eigenvalue weighted by atomic mass is 10.3. The lowest BCUT2D eigenvalue weighted by Gasteiger charge is -2.09. The first kappa shape index (κ1) is 12.1. The molecule has 0 aliphatic carbocycles. The summed E-state index contributed by atoms with van der Waals surface area (Å²) in [6.45, 7) is 3.18. The van der Waals surface area contributed by atoms with E-state index < -0.39 is 26.6 Å². The molecule has 84 valence electrons. The number of hydrogen-bond acceptors (Lipinski definition) is 2. The summed E-state index contributed by atoms with van der Waals surface area (Å²) in [7, 11) is -3.98. The van der Waals surface area contributed by atoms with Crippen molar-refractivity contribution in [2.24, 2.45) is 0 Å². The fourth-order valence-corrected chi connectivity index (χ4v) is 2.40. The second-order valence-electron chi connectivity index (χ2n) is 3.35. The van der Waals surface area contributed by atoms with Gasteiger partial charge in [-0.2, -0.15) is 0 Å². The number of rotatable bonds is 3. The summed E-state index contributed by atoms with van der Waals surface area (Å²) in [5, 5.41) is 0. The molecule has 0 spiro atoms. The van der Waals surface area contributed by atoms with Crippen LogP contribution in [0.25, 0.3) is 0 Å². The second kappa shape index (κ2) is 4.24. The van der Waals surface area contributed by atoms with Gasteiger partial charge in [0.15, 0.2) is 0 Å². The lowest BCUT2D eigenvalue weighted by Crippen LogP contribution is -2.30. The molecule has 1 rings (SSSR count). The molecule has 0 bridgehead atoms. The van der Waals surface area contributed by atoms with E-state index in [0.717, 1.165) is 12.1 Å². The molecule has 0 atom stereocenters. The van der Waals surface area contributed by atoms with Gasteiger partial charge < -0.3 is 0 Å². The second-order valence-corrected chi connectivity index (χ2v) is 5.03. The Labute approximate surface area is 87.2 Å². The van der Waals surface area contributed by atoms with E-state index in [0.29, 0.717) is 6.07 Å². The molecule has 1 aromatic rings. The summed E-state index contributed by atoms with van der Waals surface area (Å²) in [5.74, 6) is -1.76. The third-order valence-corrected chi connectivity index (χ3v) is 3.25. The van der Waals surface area contributed by atoms with Crippen molar-refractivity contribution in [2.45, 2.75) is 24.8 Å². The average Bonchev–Trinajstić information content (AvgIpc) is 2.06. The van der Waals surface area contributed by atoms with E-state index in [1.165, 1.54) is 0 Å². The van der Waals surface area contributed by atoms with Gasteiger partial charge in [0.25, 0.3) is 0 Å². The fraction of sp³-hybridized carbons (Fsp3) is 0.333. The van der Waals surface area contributed by atoms with Crippen molar-refractivity contribution in [3.05, 3.63) is 29.8 Å². The summed E-state index contributed by atoms with van der Waals surface area (Å²) < 4.78 is 51.1. The summed E-state index contributed by atoms with van der Waals surface area (Å²) in [6, 6.07) is 1.92. The molecular weight excluding hydrogens is 224 g/mol. The minimum Gasteiger partial charge on any atom is -0.209 e. The van der Waals surface area contributed by atoms with Crippen molar-refractivity contribution in [2.75, 3.05) is 0 Å².